The number of hydrogen-bond donors (Lipinski definition) is 1. The number of thiazole rings is 1. The fourth-order valence-corrected chi connectivity index (χ4v) is 5.41. The Hall–Kier alpha value is -4.25. The van der Waals surface area contributed by atoms with Gasteiger partial charge in [-0.25, -0.2) is 9.78 Å². The molecule has 1 atom stereocenters. The summed E-state index contributed by atoms with van der Waals surface area (Å²) in [4.78, 5) is 49.0. The van der Waals surface area contributed by atoms with Gasteiger partial charge in [0.15, 0.2) is 16.6 Å². The van der Waals surface area contributed by atoms with E-state index in [1.807, 2.05) is 6.92 Å². The smallest absolute Gasteiger partial charge is 0.350 e. The van der Waals surface area contributed by atoms with Gasteiger partial charge in [-0.2, -0.15) is 0 Å². The lowest BCUT2D eigenvalue weighted by atomic mass is 9.95. The molecule has 0 spiro atoms. The van der Waals surface area contributed by atoms with Crippen LogP contribution in [0.25, 0.3) is 5.76 Å². The number of carbonyl (C=O) groups is 3. The SMILES string of the molecule is CCCCCOc1ccc(C2/C(=C(\O)c3ccncc3)C(=O)C(=O)N2c2nc(C)c(C(=O)OC)s2)cc1OCC. The molecule has 1 aliphatic heterocycles. The summed E-state index contributed by atoms with van der Waals surface area (Å²) in [6, 6.07) is 7.18. The maximum Gasteiger partial charge on any atom is 0.350 e. The number of hydrogen-bond acceptors (Lipinski definition) is 10. The van der Waals surface area contributed by atoms with Gasteiger partial charge in [0.05, 0.1) is 37.6 Å². The highest BCUT2D eigenvalue weighted by Gasteiger charge is 2.48. The number of benzene rings is 1. The second-order valence-electron chi connectivity index (χ2n) is 9.00. The van der Waals surface area contributed by atoms with Crippen molar-refractivity contribution >= 4 is 39.9 Å². The second-order valence-corrected chi connectivity index (χ2v) is 9.98. The van der Waals surface area contributed by atoms with E-state index in [9.17, 15) is 19.5 Å². The number of nitrogens with zero attached hydrogens (tertiary/aromatic N) is 3. The highest BCUT2D eigenvalue weighted by molar-refractivity contribution is 7.17. The van der Waals surface area contributed by atoms with Crippen molar-refractivity contribution in [1.82, 2.24) is 9.97 Å². The van der Waals surface area contributed by atoms with Crippen LogP contribution in [0.2, 0.25) is 0 Å². The zero-order chi connectivity index (χ0) is 28.8. The molecule has 1 amide bonds. The number of methoxy groups -OCH3 is 1. The molecular weight excluding hydrogens is 534 g/mol. The molecule has 1 aliphatic rings. The number of amides is 1. The lowest BCUT2D eigenvalue weighted by Crippen LogP contribution is -2.29. The number of ketones is 1. The molecule has 1 fully saturated rings. The van der Waals surface area contributed by atoms with Crippen molar-refractivity contribution < 1.29 is 33.7 Å². The molecule has 1 aromatic carbocycles. The molecule has 1 unspecified atom stereocenters. The number of rotatable bonds is 11. The van der Waals surface area contributed by atoms with Crippen LogP contribution in [0.5, 0.6) is 11.5 Å². The van der Waals surface area contributed by atoms with E-state index in [1.165, 1.54) is 24.4 Å². The number of carbonyl (C=O) groups excluding carboxylic acids is 3. The average molecular weight is 566 g/mol. The summed E-state index contributed by atoms with van der Waals surface area (Å²) in [7, 11) is 1.25. The Bertz CT molecular complexity index is 1430. The minimum absolute atomic E-state index is 0.122. The van der Waals surface area contributed by atoms with Gasteiger partial charge in [-0.15, -0.1) is 0 Å². The third-order valence-electron chi connectivity index (χ3n) is 6.35. The number of aryl methyl sites for hydroxylation is 1. The zero-order valence-corrected chi connectivity index (χ0v) is 23.6. The van der Waals surface area contributed by atoms with Crippen molar-refractivity contribution in [3.05, 3.63) is 70.0 Å². The second kappa shape index (κ2) is 12.7. The number of Topliss-reactive ketones (excluding diaryl/α,β-unsaturated/α-hetero) is 1. The molecule has 1 saturated heterocycles. The van der Waals surface area contributed by atoms with E-state index in [4.69, 9.17) is 14.2 Å². The van der Waals surface area contributed by atoms with Gasteiger partial charge in [-0.05, 0) is 50.1 Å². The molecule has 40 heavy (non-hydrogen) atoms. The Morgan fingerprint density at radius 3 is 2.50 bits per heavy atom. The van der Waals surface area contributed by atoms with Gasteiger partial charge in [0.25, 0.3) is 5.78 Å². The number of pyridine rings is 1. The molecule has 0 bridgehead atoms. The minimum atomic E-state index is -1.06. The molecule has 210 valence electrons. The molecule has 10 nitrogen and oxygen atoms in total. The average Bonchev–Trinajstić information content (AvgIpc) is 3.47. The summed E-state index contributed by atoms with van der Waals surface area (Å²) in [5, 5.41) is 11.4. The van der Waals surface area contributed by atoms with Crippen LogP contribution < -0.4 is 14.4 Å². The summed E-state index contributed by atoms with van der Waals surface area (Å²) in [6.07, 6.45) is 5.94. The van der Waals surface area contributed by atoms with E-state index < -0.39 is 23.7 Å². The first-order chi connectivity index (χ1) is 19.3. The molecule has 0 radical (unpaired) electrons. The Morgan fingerprint density at radius 2 is 1.82 bits per heavy atom. The Kier molecular flexibility index (Phi) is 9.15. The largest absolute Gasteiger partial charge is 0.507 e. The predicted octanol–water partition coefficient (Wildman–Crippen LogP) is 5.23. The Morgan fingerprint density at radius 1 is 1.07 bits per heavy atom. The van der Waals surface area contributed by atoms with E-state index >= 15 is 0 Å². The number of ether oxygens (including phenoxy) is 3. The Balaban J connectivity index is 1.87. The first-order valence-electron chi connectivity index (χ1n) is 13.0. The molecule has 2 aromatic heterocycles. The van der Waals surface area contributed by atoms with Gasteiger partial charge in [0.2, 0.25) is 0 Å². The summed E-state index contributed by atoms with van der Waals surface area (Å²) >= 11 is 0.934. The van der Waals surface area contributed by atoms with Crippen LogP contribution in [-0.4, -0.2) is 53.1 Å². The Labute approximate surface area is 236 Å². The maximum atomic E-state index is 13.5. The molecule has 3 heterocycles. The van der Waals surface area contributed by atoms with E-state index in [2.05, 4.69) is 16.9 Å². The topological polar surface area (TPSA) is 128 Å². The van der Waals surface area contributed by atoms with Crippen LogP contribution in [-0.2, 0) is 14.3 Å². The molecule has 0 aliphatic carbocycles. The predicted molar refractivity (Wildman–Crippen MR) is 150 cm³/mol. The molecule has 11 heteroatoms. The van der Waals surface area contributed by atoms with Crippen molar-refractivity contribution in [3.8, 4) is 11.5 Å². The highest BCUT2D eigenvalue weighted by atomic mass is 32.1. The summed E-state index contributed by atoms with van der Waals surface area (Å²) in [5.74, 6) is -1.75. The van der Waals surface area contributed by atoms with Crippen molar-refractivity contribution in [1.29, 1.82) is 0 Å². The van der Waals surface area contributed by atoms with Gasteiger partial charge >= 0.3 is 11.9 Å². The van der Waals surface area contributed by atoms with Crippen LogP contribution in [0.3, 0.4) is 0 Å². The quantitative estimate of drug-likeness (QED) is 0.109. The van der Waals surface area contributed by atoms with Crippen molar-refractivity contribution in [3.63, 3.8) is 0 Å². The standard InChI is InChI=1S/C29H31N3O7S/c1-5-7-8-15-39-20-10-9-19(16-21(20)38-6-2)23-22(24(33)18-11-13-30-14-12-18)25(34)27(35)32(23)29-31-17(3)26(40-29)28(36)37-4/h9-14,16,23,33H,5-8,15H2,1-4H3/b24-22+. The number of unbranched alkanes of at least 4 members (excludes halogenated alkanes) is 2. The number of aliphatic hydroxyl groups excluding tert-OH is 1. The molecule has 1 N–H and O–H groups in total. The first kappa shape index (κ1) is 28.8. The molecule has 3 aromatic rings. The summed E-state index contributed by atoms with van der Waals surface area (Å²) in [5.41, 5.74) is 1.05. The molecular formula is C29H31N3O7S. The third kappa shape index (κ3) is 5.69. The van der Waals surface area contributed by atoms with Crippen LogP contribution >= 0.6 is 11.3 Å². The zero-order valence-electron chi connectivity index (χ0n) is 22.8. The highest BCUT2D eigenvalue weighted by Crippen LogP contribution is 2.45. The monoisotopic (exact) mass is 565 g/mol. The molecule has 0 saturated carbocycles. The fourth-order valence-electron chi connectivity index (χ4n) is 4.39. The lowest BCUT2D eigenvalue weighted by Gasteiger charge is -2.24. The number of esters is 1. The number of aliphatic hydroxyl groups is 1. The van der Waals surface area contributed by atoms with Crippen LogP contribution in [0.15, 0.2) is 48.3 Å². The van der Waals surface area contributed by atoms with Crippen molar-refractivity contribution in [2.24, 2.45) is 0 Å². The van der Waals surface area contributed by atoms with Crippen molar-refractivity contribution in [2.75, 3.05) is 25.2 Å². The summed E-state index contributed by atoms with van der Waals surface area (Å²) < 4.78 is 16.7. The van der Waals surface area contributed by atoms with Crippen LogP contribution in [0.4, 0.5) is 5.13 Å². The van der Waals surface area contributed by atoms with Gasteiger partial charge in [0, 0.05) is 18.0 Å². The van der Waals surface area contributed by atoms with E-state index in [0.29, 0.717) is 41.5 Å². The van der Waals surface area contributed by atoms with Crippen molar-refractivity contribution in [2.45, 2.75) is 46.1 Å². The molecule has 4 rings (SSSR count). The van der Waals surface area contributed by atoms with Gasteiger partial charge in [-0.3, -0.25) is 19.5 Å². The van der Waals surface area contributed by atoms with Gasteiger partial charge < -0.3 is 19.3 Å². The maximum absolute atomic E-state index is 13.5. The minimum Gasteiger partial charge on any atom is -0.507 e. The first-order valence-corrected chi connectivity index (χ1v) is 13.8. The van der Waals surface area contributed by atoms with Gasteiger partial charge in [0.1, 0.15) is 10.6 Å². The van der Waals surface area contributed by atoms with E-state index in [-0.39, 0.29) is 21.3 Å². The number of aromatic nitrogens is 2. The number of anilines is 1. The third-order valence-corrected chi connectivity index (χ3v) is 7.49. The van der Waals surface area contributed by atoms with E-state index in [1.54, 1.807) is 37.3 Å². The van der Waals surface area contributed by atoms with Crippen LogP contribution in [0, 0.1) is 6.92 Å². The normalized spacial score (nSPS) is 16.3. The fraction of sp³-hybridized carbons (Fsp3) is 0.345. The van der Waals surface area contributed by atoms with E-state index in [0.717, 1.165) is 30.6 Å². The lowest BCUT2D eigenvalue weighted by molar-refractivity contribution is -0.132. The summed E-state index contributed by atoms with van der Waals surface area (Å²) in [6.45, 7) is 6.45. The van der Waals surface area contributed by atoms with Crippen LogP contribution in [0.1, 0.15) is 65.6 Å². The van der Waals surface area contributed by atoms with Gasteiger partial charge in [-0.1, -0.05) is 37.2 Å².